The van der Waals surface area contributed by atoms with Crippen LogP contribution in [0.2, 0.25) is 0 Å². The van der Waals surface area contributed by atoms with E-state index in [1.807, 2.05) is 36.4 Å². The minimum Gasteiger partial charge on any atom is -0.493 e. The lowest BCUT2D eigenvalue weighted by atomic mass is 10.1. The van der Waals surface area contributed by atoms with Gasteiger partial charge in [-0.15, -0.1) is 0 Å². The lowest BCUT2D eigenvalue weighted by Gasteiger charge is -2.26. The van der Waals surface area contributed by atoms with E-state index in [1.165, 1.54) is 44.5 Å². The number of rotatable bonds is 11. The van der Waals surface area contributed by atoms with Crippen molar-refractivity contribution < 1.29 is 9.47 Å². The van der Waals surface area contributed by atoms with E-state index in [4.69, 9.17) is 14.5 Å². The highest BCUT2D eigenvalue weighted by Gasteiger charge is 2.12. The van der Waals surface area contributed by atoms with E-state index in [0.29, 0.717) is 12.4 Å². The fourth-order valence-electron chi connectivity index (χ4n) is 4.37. The van der Waals surface area contributed by atoms with Crippen molar-refractivity contribution in [3.05, 3.63) is 66.5 Å². The van der Waals surface area contributed by atoms with Gasteiger partial charge in [0.2, 0.25) is 0 Å². The van der Waals surface area contributed by atoms with Crippen molar-refractivity contribution in [1.29, 1.82) is 0 Å². The van der Waals surface area contributed by atoms with E-state index in [9.17, 15) is 0 Å². The van der Waals surface area contributed by atoms with Gasteiger partial charge in [-0.1, -0.05) is 36.8 Å². The van der Waals surface area contributed by atoms with Crippen molar-refractivity contribution in [2.45, 2.75) is 45.1 Å². The second kappa shape index (κ2) is 12.4. The molecule has 1 atom stereocenters. The summed E-state index contributed by atoms with van der Waals surface area (Å²) in [6.45, 7) is 6.48. The Balaban J connectivity index is 1.34. The minimum absolute atomic E-state index is 0.131. The Morgan fingerprint density at radius 3 is 2.59 bits per heavy atom. The van der Waals surface area contributed by atoms with Crippen LogP contribution >= 0.6 is 0 Å². The number of nitrogens with zero attached hydrogens (tertiary/aromatic N) is 3. The molecule has 0 spiro atoms. The van der Waals surface area contributed by atoms with Crippen molar-refractivity contribution in [2.24, 2.45) is 0 Å². The second-order valence-electron chi connectivity index (χ2n) is 8.89. The highest BCUT2D eigenvalue weighted by atomic mass is 16.5. The van der Waals surface area contributed by atoms with Crippen molar-refractivity contribution in [2.75, 3.05) is 38.7 Å². The predicted octanol–water partition coefficient (Wildman–Crippen LogP) is 5.97. The van der Waals surface area contributed by atoms with Gasteiger partial charge in [-0.3, -0.25) is 4.98 Å². The Labute approximate surface area is 203 Å². The number of piperidine rings is 1. The third-order valence-corrected chi connectivity index (χ3v) is 6.33. The molecular weight excluding hydrogens is 424 g/mol. The Kier molecular flexibility index (Phi) is 8.74. The van der Waals surface area contributed by atoms with E-state index in [-0.39, 0.29) is 6.04 Å². The molecule has 3 aromatic rings. The predicted molar refractivity (Wildman–Crippen MR) is 138 cm³/mol. The molecule has 34 heavy (non-hydrogen) atoms. The normalized spacial score (nSPS) is 15.0. The summed E-state index contributed by atoms with van der Waals surface area (Å²) >= 11 is 0. The van der Waals surface area contributed by atoms with Crippen LogP contribution in [0.1, 0.15) is 50.6 Å². The molecule has 1 unspecified atom stereocenters. The maximum absolute atomic E-state index is 6.04. The molecule has 2 heterocycles. The van der Waals surface area contributed by atoms with Crippen molar-refractivity contribution >= 4 is 5.82 Å². The average molecular weight is 461 g/mol. The molecule has 180 valence electrons. The number of hydrogen-bond acceptors (Lipinski definition) is 6. The molecule has 0 saturated carbocycles. The summed E-state index contributed by atoms with van der Waals surface area (Å²) in [6, 6.07) is 16.4. The maximum atomic E-state index is 6.04. The van der Waals surface area contributed by atoms with Gasteiger partial charge < -0.3 is 19.7 Å². The summed E-state index contributed by atoms with van der Waals surface area (Å²) < 4.78 is 11.7. The lowest BCUT2D eigenvalue weighted by molar-refractivity contribution is 0.214. The summed E-state index contributed by atoms with van der Waals surface area (Å²) in [4.78, 5) is 11.7. The van der Waals surface area contributed by atoms with Crippen LogP contribution in [0.4, 0.5) is 5.82 Å². The number of ether oxygens (including phenoxy) is 2. The molecule has 1 aromatic heterocycles. The first kappa shape index (κ1) is 24.0. The van der Waals surface area contributed by atoms with Crippen LogP contribution in [0.15, 0.2) is 60.9 Å². The third kappa shape index (κ3) is 6.70. The second-order valence-corrected chi connectivity index (χ2v) is 8.89. The molecule has 0 amide bonds. The van der Waals surface area contributed by atoms with Crippen LogP contribution in [0.25, 0.3) is 11.3 Å². The summed E-state index contributed by atoms with van der Waals surface area (Å²) in [5.74, 6) is 2.22. The van der Waals surface area contributed by atoms with E-state index < -0.39 is 0 Å². The largest absolute Gasteiger partial charge is 0.493 e. The number of anilines is 1. The van der Waals surface area contributed by atoms with E-state index in [1.54, 1.807) is 19.5 Å². The number of likely N-dealkylation sites (tertiary alicyclic amines) is 1. The zero-order chi connectivity index (χ0) is 23.6. The molecule has 1 saturated heterocycles. The van der Waals surface area contributed by atoms with Crippen LogP contribution in [0.3, 0.4) is 0 Å². The number of aromatic nitrogens is 2. The first-order valence-corrected chi connectivity index (χ1v) is 12.4. The van der Waals surface area contributed by atoms with E-state index in [0.717, 1.165) is 35.7 Å². The van der Waals surface area contributed by atoms with Crippen LogP contribution < -0.4 is 14.8 Å². The fraction of sp³-hybridized carbons (Fsp3) is 0.429. The van der Waals surface area contributed by atoms with E-state index in [2.05, 4.69) is 34.3 Å². The molecule has 1 N–H and O–H groups in total. The monoisotopic (exact) mass is 460 g/mol. The van der Waals surface area contributed by atoms with Crippen molar-refractivity contribution in [3.63, 3.8) is 0 Å². The smallest absolute Gasteiger partial charge is 0.161 e. The Morgan fingerprint density at radius 1 is 0.971 bits per heavy atom. The molecule has 1 aliphatic heterocycles. The fourth-order valence-corrected chi connectivity index (χ4v) is 4.37. The van der Waals surface area contributed by atoms with Crippen molar-refractivity contribution in [3.8, 4) is 22.8 Å². The molecule has 1 aliphatic rings. The van der Waals surface area contributed by atoms with Gasteiger partial charge in [0, 0.05) is 11.6 Å². The quantitative estimate of drug-likeness (QED) is 0.356. The van der Waals surface area contributed by atoms with Gasteiger partial charge >= 0.3 is 0 Å². The first-order valence-electron chi connectivity index (χ1n) is 12.4. The van der Waals surface area contributed by atoms with Gasteiger partial charge in [-0.2, -0.15) is 0 Å². The average Bonchev–Trinajstić information content (AvgIpc) is 2.90. The number of methoxy groups -OCH3 is 1. The van der Waals surface area contributed by atoms with Crippen LogP contribution in [-0.4, -0.2) is 48.2 Å². The van der Waals surface area contributed by atoms with Gasteiger partial charge in [-0.05, 0) is 76.0 Å². The molecule has 1 fully saturated rings. The standard InChI is InChI=1S/C28H36N4O2/c1-22(23-11-5-3-6-12-23)30-28-21-29-20-25(31-28)24-13-14-26(27(19-24)33-2)34-18-10-9-17-32-15-7-4-8-16-32/h3,5-6,11-14,19-22H,4,7-10,15-18H2,1-2H3,(H,30,31). The molecule has 0 radical (unpaired) electrons. The molecule has 0 bridgehead atoms. The summed E-state index contributed by atoms with van der Waals surface area (Å²) in [6.07, 6.45) is 9.80. The van der Waals surface area contributed by atoms with Gasteiger partial charge in [-0.25, -0.2) is 4.98 Å². The number of benzene rings is 2. The molecule has 6 nitrogen and oxygen atoms in total. The highest BCUT2D eigenvalue weighted by molar-refractivity contribution is 5.64. The number of hydrogen-bond donors (Lipinski definition) is 1. The number of nitrogens with one attached hydrogen (secondary N) is 1. The molecule has 4 rings (SSSR count). The Morgan fingerprint density at radius 2 is 1.79 bits per heavy atom. The Hall–Kier alpha value is -3.12. The molecule has 0 aliphatic carbocycles. The van der Waals surface area contributed by atoms with Crippen LogP contribution in [0.5, 0.6) is 11.5 Å². The number of unbranched alkanes of at least 4 members (excludes halogenated alkanes) is 1. The van der Waals surface area contributed by atoms with Gasteiger partial charge in [0.15, 0.2) is 11.5 Å². The molecule has 2 aromatic carbocycles. The maximum Gasteiger partial charge on any atom is 0.161 e. The minimum atomic E-state index is 0.131. The van der Waals surface area contributed by atoms with Gasteiger partial charge in [0.25, 0.3) is 0 Å². The van der Waals surface area contributed by atoms with Crippen LogP contribution in [-0.2, 0) is 0 Å². The SMILES string of the molecule is COc1cc(-c2cncc(NC(C)c3ccccc3)n2)ccc1OCCCCN1CCCCC1. The topological polar surface area (TPSA) is 59.5 Å². The molecular formula is C28H36N4O2. The van der Waals surface area contributed by atoms with E-state index >= 15 is 0 Å². The van der Waals surface area contributed by atoms with Crippen molar-refractivity contribution in [1.82, 2.24) is 14.9 Å². The zero-order valence-electron chi connectivity index (χ0n) is 20.4. The third-order valence-electron chi connectivity index (χ3n) is 6.33. The summed E-state index contributed by atoms with van der Waals surface area (Å²) in [7, 11) is 1.67. The van der Waals surface area contributed by atoms with Crippen LogP contribution in [0, 0.1) is 0 Å². The summed E-state index contributed by atoms with van der Waals surface area (Å²) in [5.41, 5.74) is 2.93. The zero-order valence-corrected chi connectivity index (χ0v) is 20.4. The van der Waals surface area contributed by atoms with Gasteiger partial charge in [0.1, 0.15) is 5.82 Å². The molecule has 6 heteroatoms. The Bertz CT molecular complexity index is 1020. The summed E-state index contributed by atoms with van der Waals surface area (Å²) in [5, 5.41) is 3.44. The first-order chi connectivity index (χ1) is 16.7. The lowest BCUT2D eigenvalue weighted by Crippen LogP contribution is -2.30. The highest BCUT2D eigenvalue weighted by Crippen LogP contribution is 2.32. The van der Waals surface area contributed by atoms with Gasteiger partial charge in [0.05, 0.1) is 31.8 Å².